The van der Waals surface area contributed by atoms with Crippen LogP contribution in [-0.4, -0.2) is 79.8 Å². The van der Waals surface area contributed by atoms with E-state index in [0.717, 1.165) is 51.3 Å². The number of aliphatic hydroxyl groups is 2. The van der Waals surface area contributed by atoms with E-state index >= 15 is 0 Å². The van der Waals surface area contributed by atoms with E-state index < -0.39 is 85.8 Å². The van der Waals surface area contributed by atoms with Gasteiger partial charge in [-0.2, -0.15) is 26.3 Å². The monoisotopic (exact) mass is 1150 g/mol. The van der Waals surface area contributed by atoms with Crippen molar-refractivity contribution in [3.05, 3.63) is 128 Å². The number of benzene rings is 4. The molecular weight excluding hydrogens is 1110 g/mol. The summed E-state index contributed by atoms with van der Waals surface area (Å²) >= 11 is 2.88. The van der Waals surface area contributed by atoms with Gasteiger partial charge in [0.2, 0.25) is 0 Å². The molecule has 1 saturated heterocycles. The van der Waals surface area contributed by atoms with Gasteiger partial charge in [-0.1, -0.05) is 15.9 Å². The number of hydrogen-bond acceptors (Lipinski definition) is 14. The first kappa shape index (κ1) is 62.5. The summed E-state index contributed by atoms with van der Waals surface area (Å²) in [6.07, 6.45) is -7.40. The number of nitrogens with one attached hydrogen (secondary N) is 2. The molecule has 2 amide bonds. The van der Waals surface area contributed by atoms with Crippen molar-refractivity contribution in [3.8, 4) is 11.5 Å². The summed E-state index contributed by atoms with van der Waals surface area (Å²) in [6, 6.07) is 13.7. The van der Waals surface area contributed by atoms with E-state index in [1.807, 2.05) is 0 Å². The molecule has 0 saturated carbocycles. The Kier molecular flexibility index (Phi) is 27.4. The molecule has 1 aliphatic rings. The summed E-state index contributed by atoms with van der Waals surface area (Å²) in [5.74, 6) is -2.65. The van der Waals surface area contributed by atoms with Crippen molar-refractivity contribution >= 4 is 57.0 Å². The number of nitro groups is 2. The van der Waals surface area contributed by atoms with Gasteiger partial charge in [-0.05, 0) is 99.5 Å². The molecule has 1 heterocycles. The third-order valence-electron chi connectivity index (χ3n) is 7.78. The van der Waals surface area contributed by atoms with Crippen molar-refractivity contribution < 1.29 is 163 Å². The van der Waals surface area contributed by atoms with Crippen molar-refractivity contribution in [2.24, 2.45) is 0 Å². The Labute approximate surface area is 441 Å². The van der Waals surface area contributed by atoms with Gasteiger partial charge in [-0.25, -0.2) is 8.78 Å². The minimum Gasteiger partial charge on any atom is -0.662 e. The molecule has 5 N–H and O–H groups in total. The van der Waals surface area contributed by atoms with E-state index in [2.05, 4.69) is 31.5 Å². The van der Waals surface area contributed by atoms with E-state index in [-0.39, 0.29) is 104 Å². The van der Waals surface area contributed by atoms with Crippen molar-refractivity contribution in [2.75, 3.05) is 35.8 Å². The summed E-state index contributed by atoms with van der Waals surface area (Å²) in [6.45, 7) is 3.46. The molecule has 28 heteroatoms. The fourth-order valence-electron chi connectivity index (χ4n) is 4.36. The number of carbonyl (C=O) groups excluding carboxylic acids is 3. The summed E-state index contributed by atoms with van der Waals surface area (Å²) in [5, 5.41) is 62.2. The number of carbonyl (C=O) groups is 3. The molecule has 5 rings (SSSR count). The number of phenolic OH excluding ortho intramolecular Hbond substituents is 1. The molecule has 0 bridgehead atoms. The summed E-state index contributed by atoms with van der Waals surface area (Å²) in [5.41, 5.74) is -10.0. The van der Waals surface area contributed by atoms with E-state index in [0.29, 0.717) is 24.3 Å². The van der Waals surface area contributed by atoms with Gasteiger partial charge >= 0.3 is 81.2 Å². The van der Waals surface area contributed by atoms with E-state index in [1.165, 1.54) is 49.2 Å². The van der Waals surface area contributed by atoms with Gasteiger partial charge in [0.25, 0.3) is 29.7 Å². The number of hydrogen-bond donors (Lipinski definition) is 5. The van der Waals surface area contributed by atoms with Crippen LogP contribution in [0.4, 0.5) is 57.9 Å². The predicted octanol–water partition coefficient (Wildman–Crippen LogP) is 3.99. The Morgan fingerprint density at radius 2 is 1.12 bits per heavy atom. The van der Waals surface area contributed by atoms with Crippen LogP contribution in [0.3, 0.4) is 0 Å². The van der Waals surface area contributed by atoms with Crippen LogP contribution >= 0.6 is 15.9 Å². The molecule has 0 spiro atoms. The second-order valence-electron chi connectivity index (χ2n) is 13.3. The van der Waals surface area contributed by atoms with Crippen LogP contribution in [0, 0.1) is 31.9 Å². The molecule has 0 aromatic heterocycles. The smallest absolute Gasteiger partial charge is 0.662 e. The number of ether oxygens (including phenoxy) is 2. The number of phenols is 1. The molecular formula is C39H38BrCsF8N4O14. The van der Waals surface area contributed by atoms with Crippen LogP contribution in [0.25, 0.3) is 0 Å². The van der Waals surface area contributed by atoms with Gasteiger partial charge in [0.15, 0.2) is 5.60 Å². The van der Waals surface area contributed by atoms with Crippen LogP contribution in [0.15, 0.2) is 84.9 Å². The number of aromatic hydroxyl groups is 1. The molecule has 4 aromatic carbocycles. The second-order valence-corrected chi connectivity index (χ2v) is 13.9. The molecule has 4 aromatic rings. The van der Waals surface area contributed by atoms with Crippen LogP contribution in [0.1, 0.15) is 37.8 Å². The van der Waals surface area contributed by atoms with Crippen LogP contribution in [0.5, 0.6) is 11.5 Å². The predicted molar refractivity (Wildman–Crippen MR) is 216 cm³/mol. The SMILES string of the molecule is C1CCOC1.C[C@](O)(CBr)C(=O)Nc1ccc([N+](=O)[O-])c(C(F)(F)F)c1.C[C@](O)(COc1ccc(F)cc1)C(=O)Nc1ccc([N+](=O)[O-])c(C(F)(F)F)c1.O=CO[O-].Oc1ccc(F)cc1.[Cs+]. The first-order valence-electron chi connectivity index (χ1n) is 18.1. The summed E-state index contributed by atoms with van der Waals surface area (Å²) in [4.78, 5) is 54.0. The fraction of sp³-hybridized carbons (Fsp3) is 0.308. The fourth-order valence-corrected chi connectivity index (χ4v) is 4.62. The minimum atomic E-state index is -5.02. The molecule has 0 aliphatic carbocycles. The van der Waals surface area contributed by atoms with Crippen LogP contribution in [-0.2, 0) is 36.4 Å². The van der Waals surface area contributed by atoms with Crippen molar-refractivity contribution in [3.63, 3.8) is 0 Å². The first-order chi connectivity index (χ1) is 30.6. The van der Waals surface area contributed by atoms with Gasteiger partial charge in [-0.15, -0.1) is 0 Å². The summed E-state index contributed by atoms with van der Waals surface area (Å²) < 4.78 is 112. The Morgan fingerprint density at radius 1 is 0.746 bits per heavy atom. The molecule has 0 unspecified atom stereocenters. The topological polar surface area (TPSA) is 273 Å². The zero-order valence-corrected chi connectivity index (χ0v) is 42.9. The Bertz CT molecular complexity index is 2190. The van der Waals surface area contributed by atoms with Crippen molar-refractivity contribution in [1.82, 2.24) is 0 Å². The maximum absolute atomic E-state index is 13.0. The third kappa shape index (κ3) is 23.4. The number of amides is 2. The maximum Gasteiger partial charge on any atom is 1.00 e. The average Bonchev–Trinajstić information content (AvgIpc) is 3.85. The molecule has 0 radical (unpaired) electrons. The quantitative estimate of drug-likeness (QED) is 0.0355. The van der Waals surface area contributed by atoms with Crippen LogP contribution < -0.4 is 89.5 Å². The number of anilines is 2. The van der Waals surface area contributed by atoms with Crippen molar-refractivity contribution in [2.45, 2.75) is 50.2 Å². The number of alkyl halides is 7. The Morgan fingerprint density at radius 3 is 1.42 bits per heavy atom. The van der Waals surface area contributed by atoms with E-state index in [9.17, 15) is 75.2 Å². The molecule has 1 aliphatic heterocycles. The number of rotatable bonds is 11. The van der Waals surface area contributed by atoms with Gasteiger partial charge in [0.05, 0.1) is 9.85 Å². The van der Waals surface area contributed by atoms with E-state index in [4.69, 9.17) is 24.6 Å². The zero-order valence-electron chi connectivity index (χ0n) is 35.0. The average molecular weight is 1150 g/mol. The van der Waals surface area contributed by atoms with Gasteiger partial charge in [0, 0.05) is 42.1 Å². The largest absolute Gasteiger partial charge is 1.00 e. The van der Waals surface area contributed by atoms with Gasteiger partial charge in [0.1, 0.15) is 46.5 Å². The maximum atomic E-state index is 13.0. The Hall–Kier alpha value is -4.50. The standard InChI is InChI=1S/C17H14F4N2O5.C11H10BrF3N2O4.C6H5FO.C4H8O.CH2O3.Cs/c1-16(25,9-28-12-5-2-10(18)3-6-12)15(24)22-11-4-7-14(23(26)27)13(8-11)17(19,20)21;1-10(19,5-12)9(18)16-6-2-3-8(17(20)21)7(4-6)11(13,14)15;7-5-1-3-6(8)4-2-5;1-2-4-5-3-1;2-1-4-3;/h2-8,25H,9H2,1H3,(H,22,24);2-4,19H,5H2,1H3,(H,16,18);1-4,8H;1-4H2;1,3H;/q;;;;;+1/p-1/t16-;10-;;;;/m00..../s1. The zero-order chi connectivity index (χ0) is 50.5. The molecule has 1 fully saturated rings. The summed E-state index contributed by atoms with van der Waals surface area (Å²) in [7, 11) is 0. The molecule has 2 atom stereocenters. The molecule has 67 heavy (non-hydrogen) atoms. The van der Waals surface area contributed by atoms with Gasteiger partial charge in [-0.3, -0.25) is 34.6 Å². The number of halogens is 9. The van der Waals surface area contributed by atoms with Gasteiger partial charge < -0.3 is 45.6 Å². The van der Waals surface area contributed by atoms with E-state index in [1.54, 1.807) is 0 Å². The number of nitrogens with zero attached hydrogens (tertiary/aromatic N) is 2. The third-order valence-corrected chi connectivity index (χ3v) is 8.87. The Balaban J connectivity index is 0.000000966. The first-order valence-corrected chi connectivity index (χ1v) is 19.2. The second kappa shape index (κ2) is 29.4. The van der Waals surface area contributed by atoms with Crippen molar-refractivity contribution in [1.29, 1.82) is 0 Å². The minimum absolute atomic E-state index is 0. The normalized spacial score (nSPS) is 13.3. The molecule has 362 valence electrons. The molecule has 18 nitrogen and oxygen atoms in total. The number of nitro benzene ring substituents is 2. The van der Waals surface area contributed by atoms with Crippen LogP contribution in [0.2, 0.25) is 0 Å².